The van der Waals surface area contributed by atoms with Gasteiger partial charge in [0.2, 0.25) is 0 Å². The van der Waals surface area contributed by atoms with Gasteiger partial charge in [0, 0.05) is 44.7 Å². The second kappa shape index (κ2) is 6.98. The van der Waals surface area contributed by atoms with E-state index in [1.807, 2.05) is 12.1 Å². The van der Waals surface area contributed by atoms with E-state index in [0.717, 1.165) is 50.2 Å². The van der Waals surface area contributed by atoms with Crippen molar-refractivity contribution in [2.45, 2.75) is 25.3 Å². The Morgan fingerprint density at radius 1 is 1.23 bits per heavy atom. The lowest BCUT2D eigenvalue weighted by Gasteiger charge is -2.37. The zero-order valence-electron chi connectivity index (χ0n) is 13.0. The summed E-state index contributed by atoms with van der Waals surface area (Å²) in [7, 11) is 2.15. The lowest BCUT2D eigenvalue weighted by Crippen LogP contribution is -2.44. The highest BCUT2D eigenvalue weighted by Crippen LogP contribution is 2.22. The van der Waals surface area contributed by atoms with Crippen molar-refractivity contribution in [1.29, 1.82) is 0 Å². The van der Waals surface area contributed by atoms with Crippen LogP contribution in [0.1, 0.15) is 19.3 Å². The van der Waals surface area contributed by atoms with Crippen molar-refractivity contribution < 1.29 is 5.11 Å². The Bertz CT molecular complexity index is 612. The molecule has 0 aromatic carbocycles. The molecule has 1 aliphatic heterocycles. The van der Waals surface area contributed by atoms with Gasteiger partial charge in [-0.3, -0.25) is 4.98 Å². The molecule has 2 aromatic heterocycles. The summed E-state index contributed by atoms with van der Waals surface area (Å²) < 4.78 is 0. The summed E-state index contributed by atoms with van der Waals surface area (Å²) in [6, 6.07) is 4.62. The van der Waals surface area contributed by atoms with Gasteiger partial charge in [-0.25, -0.2) is 9.97 Å². The van der Waals surface area contributed by atoms with Gasteiger partial charge in [0.1, 0.15) is 11.3 Å². The maximum absolute atomic E-state index is 8.94. The molecule has 22 heavy (non-hydrogen) atoms. The first kappa shape index (κ1) is 15.1. The van der Waals surface area contributed by atoms with Crippen molar-refractivity contribution >= 4 is 17.0 Å². The van der Waals surface area contributed by atoms with Crippen molar-refractivity contribution in [3.63, 3.8) is 0 Å². The minimum absolute atomic E-state index is 0.269. The molecule has 0 amide bonds. The van der Waals surface area contributed by atoms with Crippen LogP contribution in [0.15, 0.2) is 24.5 Å². The summed E-state index contributed by atoms with van der Waals surface area (Å²) in [5.41, 5.74) is 1.55. The fraction of sp³-hybridized carbons (Fsp3) is 0.562. The molecule has 118 valence electrons. The standard InChI is InChI=1S/C16H23N5O/c1-20(9-2-12-22)13-5-10-21(11-6-13)15-4-3-14-16(19-15)18-8-7-17-14/h3-4,7-8,13,22H,2,5-6,9-12H2,1H3. The first-order chi connectivity index (χ1) is 10.8. The lowest BCUT2D eigenvalue weighted by molar-refractivity contribution is 0.184. The van der Waals surface area contributed by atoms with Gasteiger partial charge in [-0.05, 0) is 38.4 Å². The molecule has 1 N–H and O–H groups in total. The van der Waals surface area contributed by atoms with E-state index in [2.05, 4.69) is 31.8 Å². The van der Waals surface area contributed by atoms with Crippen LogP contribution in [-0.2, 0) is 0 Å². The van der Waals surface area contributed by atoms with Crippen LogP contribution in [0.25, 0.3) is 11.2 Å². The van der Waals surface area contributed by atoms with Crippen LogP contribution in [-0.4, -0.2) is 64.3 Å². The molecule has 3 rings (SSSR count). The Morgan fingerprint density at radius 3 is 2.77 bits per heavy atom. The summed E-state index contributed by atoms with van der Waals surface area (Å²) in [6.45, 7) is 3.25. The van der Waals surface area contributed by atoms with Crippen LogP contribution in [0.4, 0.5) is 5.82 Å². The summed E-state index contributed by atoms with van der Waals surface area (Å²) in [6.07, 6.45) is 6.48. The Balaban J connectivity index is 1.62. The van der Waals surface area contributed by atoms with Gasteiger partial charge < -0.3 is 14.9 Å². The molecular weight excluding hydrogens is 278 g/mol. The summed E-state index contributed by atoms with van der Waals surface area (Å²) in [4.78, 5) is 17.9. The van der Waals surface area contributed by atoms with Gasteiger partial charge >= 0.3 is 0 Å². The van der Waals surface area contributed by atoms with E-state index in [-0.39, 0.29) is 6.61 Å². The minimum atomic E-state index is 0.269. The number of nitrogens with zero attached hydrogens (tertiary/aromatic N) is 5. The third-order valence-electron chi connectivity index (χ3n) is 4.40. The van der Waals surface area contributed by atoms with Crippen molar-refractivity contribution in [2.75, 3.05) is 38.2 Å². The van der Waals surface area contributed by atoms with Crippen LogP contribution < -0.4 is 4.90 Å². The molecule has 1 aliphatic rings. The topological polar surface area (TPSA) is 65.4 Å². The Morgan fingerprint density at radius 2 is 2.00 bits per heavy atom. The zero-order chi connectivity index (χ0) is 15.4. The summed E-state index contributed by atoms with van der Waals surface area (Å²) in [5.74, 6) is 0.990. The lowest BCUT2D eigenvalue weighted by atomic mass is 10.0. The van der Waals surface area contributed by atoms with Gasteiger partial charge in [0.05, 0.1) is 0 Å². The monoisotopic (exact) mass is 301 g/mol. The van der Waals surface area contributed by atoms with Gasteiger partial charge in [0.15, 0.2) is 5.65 Å². The molecule has 0 spiro atoms. The number of aliphatic hydroxyl groups is 1. The maximum atomic E-state index is 8.94. The smallest absolute Gasteiger partial charge is 0.180 e. The first-order valence-corrected chi connectivity index (χ1v) is 7.92. The van der Waals surface area contributed by atoms with Gasteiger partial charge in [0.25, 0.3) is 0 Å². The highest BCUT2D eigenvalue weighted by Gasteiger charge is 2.23. The minimum Gasteiger partial charge on any atom is -0.396 e. The average molecular weight is 301 g/mol. The van der Waals surface area contributed by atoms with E-state index in [4.69, 9.17) is 5.11 Å². The van der Waals surface area contributed by atoms with Crippen molar-refractivity contribution in [2.24, 2.45) is 0 Å². The predicted molar refractivity (Wildman–Crippen MR) is 86.9 cm³/mol. The molecule has 0 radical (unpaired) electrons. The number of piperidine rings is 1. The number of anilines is 1. The van der Waals surface area contributed by atoms with E-state index in [9.17, 15) is 0 Å². The van der Waals surface area contributed by atoms with Gasteiger partial charge in [-0.1, -0.05) is 0 Å². The van der Waals surface area contributed by atoms with E-state index >= 15 is 0 Å². The van der Waals surface area contributed by atoms with Crippen molar-refractivity contribution in [1.82, 2.24) is 19.9 Å². The number of hydrogen-bond donors (Lipinski definition) is 1. The first-order valence-electron chi connectivity index (χ1n) is 7.92. The average Bonchev–Trinajstić information content (AvgIpc) is 2.59. The molecular formula is C16H23N5O. The number of aliphatic hydroxyl groups excluding tert-OH is 1. The molecule has 6 nitrogen and oxygen atoms in total. The number of aromatic nitrogens is 3. The molecule has 6 heteroatoms. The fourth-order valence-corrected chi connectivity index (χ4v) is 3.06. The Hall–Kier alpha value is -1.79. The molecule has 0 saturated carbocycles. The summed E-state index contributed by atoms with van der Waals surface area (Å²) in [5, 5.41) is 8.94. The van der Waals surface area contributed by atoms with Crippen LogP contribution in [0, 0.1) is 0 Å². The van der Waals surface area contributed by atoms with E-state index in [0.29, 0.717) is 11.7 Å². The quantitative estimate of drug-likeness (QED) is 0.898. The molecule has 3 heterocycles. The molecule has 0 aliphatic carbocycles. The van der Waals surface area contributed by atoms with E-state index < -0.39 is 0 Å². The highest BCUT2D eigenvalue weighted by molar-refractivity contribution is 5.71. The normalized spacial score (nSPS) is 16.6. The second-order valence-electron chi connectivity index (χ2n) is 5.84. The molecule has 0 bridgehead atoms. The van der Waals surface area contributed by atoms with E-state index in [1.54, 1.807) is 12.4 Å². The van der Waals surface area contributed by atoms with Crippen molar-refractivity contribution in [3.05, 3.63) is 24.5 Å². The molecule has 1 fully saturated rings. The van der Waals surface area contributed by atoms with Crippen LogP contribution in [0.3, 0.4) is 0 Å². The predicted octanol–water partition coefficient (Wildman–Crippen LogP) is 1.31. The summed E-state index contributed by atoms with van der Waals surface area (Å²) >= 11 is 0. The Labute approximate surface area is 130 Å². The van der Waals surface area contributed by atoms with Gasteiger partial charge in [-0.2, -0.15) is 0 Å². The molecule has 2 aromatic rings. The maximum Gasteiger partial charge on any atom is 0.180 e. The third-order valence-corrected chi connectivity index (χ3v) is 4.40. The number of hydrogen-bond acceptors (Lipinski definition) is 6. The van der Waals surface area contributed by atoms with Gasteiger partial charge in [-0.15, -0.1) is 0 Å². The molecule has 0 unspecified atom stereocenters. The SMILES string of the molecule is CN(CCCO)C1CCN(c2ccc3nccnc3n2)CC1. The molecule has 0 atom stereocenters. The highest BCUT2D eigenvalue weighted by atomic mass is 16.3. The number of pyridine rings is 1. The molecule has 1 saturated heterocycles. The number of fused-ring (bicyclic) bond motifs is 1. The second-order valence-corrected chi connectivity index (χ2v) is 5.84. The largest absolute Gasteiger partial charge is 0.396 e. The van der Waals surface area contributed by atoms with Crippen LogP contribution in [0.5, 0.6) is 0 Å². The number of rotatable bonds is 5. The van der Waals surface area contributed by atoms with Crippen molar-refractivity contribution in [3.8, 4) is 0 Å². The van der Waals surface area contributed by atoms with Crippen LogP contribution >= 0.6 is 0 Å². The Kier molecular flexibility index (Phi) is 4.80. The van der Waals surface area contributed by atoms with E-state index in [1.165, 1.54) is 0 Å². The van der Waals surface area contributed by atoms with Crippen LogP contribution in [0.2, 0.25) is 0 Å². The fourth-order valence-electron chi connectivity index (χ4n) is 3.06. The third kappa shape index (κ3) is 3.34. The zero-order valence-corrected chi connectivity index (χ0v) is 13.0.